The van der Waals surface area contributed by atoms with Crippen molar-refractivity contribution in [2.24, 2.45) is 5.92 Å². The number of Topliss-reactive ketones (excluding diaryl/α,β-unsaturated/α-hetero) is 1. The van der Waals surface area contributed by atoms with Gasteiger partial charge in [-0.3, -0.25) is 43.2 Å². The van der Waals surface area contributed by atoms with Crippen LogP contribution in [0.15, 0.2) is 122 Å². The number of nitrogens with zero attached hydrogens (tertiary/aromatic N) is 2. The van der Waals surface area contributed by atoms with Gasteiger partial charge in [-0.2, -0.15) is 0 Å². The maximum Gasteiger partial charge on any atom is 0.305 e. The number of esters is 4. The highest BCUT2D eigenvalue weighted by Gasteiger charge is 2.23. The maximum absolute atomic E-state index is 13.7. The molecule has 0 saturated carbocycles. The number of carbonyl (C=O) groups excluding carboxylic acids is 10. The molecule has 0 rings (SSSR count). The first-order chi connectivity index (χ1) is 71.9. The Hall–Kier alpha value is -8.30. The molecule has 0 saturated heterocycles. The summed E-state index contributed by atoms with van der Waals surface area (Å²) in [6.07, 6.45) is 91.2. The standard InChI is InChI=1S/C121H211N7O19/c1-9-13-17-21-25-29-33-37-41-45-49-53-57-61-65-77-117(134)144-95-89-127(90-96-145-118(135)78-66-62-58-54-50-46-42-38-34-30-26-22-18-14-10-2)115(132)83-81-108(5)122-85-72-70-76-113(126-111(8)130)110(7)123-87-73-93-139-99-101-141-103-105-143-106-104-142-102-100-140-94-74-88-125-121(138)112(107-109(6)129)75-69-71-86-124-114(131)82-84-116(133)128(91-97-146-119(136)79-67-63-59-55-51-47-43-39-35-31-27-23-19-15-11-3)92-98-147-120(137)80-68-64-60-56-52-48-44-40-36-32-28-24-20-16-12-4/h25-32,37-44,112-113,122-123H,5,7,9-24,33-36,45-107H2,1-4,6,8H3,(H,124,131)(H,125,138)(H,126,130)/b29-25-,30-26-,31-27-,32-28-,41-37-,42-38-,43-39-,44-40-/t112-,113+/m1/s1. The molecular formula is C121H211N7O19. The topological polar surface area (TPSA) is 320 Å². The third kappa shape index (κ3) is 102. The van der Waals surface area contributed by atoms with E-state index in [1.807, 2.05) is 0 Å². The average Bonchev–Trinajstić information content (AvgIpc) is 0.918. The van der Waals surface area contributed by atoms with Crippen molar-refractivity contribution in [2.75, 3.05) is 145 Å². The Kier molecular flexibility index (Phi) is 104. The van der Waals surface area contributed by atoms with Gasteiger partial charge in [0.1, 0.15) is 32.2 Å². The number of allylic oxidation sites excluding steroid dienone is 17. The van der Waals surface area contributed by atoms with E-state index in [9.17, 15) is 47.9 Å². The summed E-state index contributed by atoms with van der Waals surface area (Å²) in [7, 11) is 0. The second-order valence-corrected chi connectivity index (χ2v) is 38.8. The van der Waals surface area contributed by atoms with Gasteiger partial charge in [-0.15, -0.1) is 0 Å². The van der Waals surface area contributed by atoms with Crippen LogP contribution in [0.1, 0.15) is 433 Å². The van der Waals surface area contributed by atoms with Gasteiger partial charge in [-0.05, 0) is 212 Å². The molecule has 0 spiro atoms. The number of amides is 5. The molecule has 0 radical (unpaired) electrons. The van der Waals surface area contributed by atoms with Crippen LogP contribution < -0.4 is 26.6 Å². The van der Waals surface area contributed by atoms with Crippen molar-refractivity contribution in [2.45, 2.75) is 439 Å². The second kappa shape index (κ2) is 110. The highest BCUT2D eigenvalue weighted by molar-refractivity contribution is 5.86. The van der Waals surface area contributed by atoms with E-state index in [1.54, 1.807) is 4.90 Å². The van der Waals surface area contributed by atoms with E-state index >= 15 is 0 Å². The van der Waals surface area contributed by atoms with Crippen molar-refractivity contribution in [1.29, 1.82) is 0 Å². The fourth-order valence-electron chi connectivity index (χ4n) is 16.2. The van der Waals surface area contributed by atoms with Crippen LogP contribution in [-0.2, 0) is 90.6 Å². The van der Waals surface area contributed by atoms with Crippen LogP contribution in [0.25, 0.3) is 0 Å². The number of unbranched alkanes of at least 4 members (excludes halogenated alkanes) is 34. The van der Waals surface area contributed by atoms with Crippen LogP contribution in [0.5, 0.6) is 0 Å². The zero-order chi connectivity index (χ0) is 107. The SMILES string of the molecule is C=C(CCC(=O)N(CCOC(=O)CCCCCCC/C=C\C/C=C\CCCCC)CCOC(=O)CCCCCCC/C=C\C/C=C\CCCCC)NCCCC[C@H](NC(C)=O)C(=C)NCCCOCCOCCOCCOCCOCCCNC(=O)[C@H](CCCCNC(=O)CCC(=O)N(CCOC(=O)CCCCCCC/C=C\C/C=C\CCCCC)CCOC(=O)CCCCCCC/C=C\C/C=C\CCCCC)CC(C)=O. The summed E-state index contributed by atoms with van der Waals surface area (Å²) in [6.45, 7) is 27.1. The molecule has 0 aliphatic carbocycles. The van der Waals surface area contributed by atoms with E-state index in [0.717, 1.165) is 236 Å². The molecule has 0 aliphatic rings. The van der Waals surface area contributed by atoms with Crippen molar-refractivity contribution < 1.29 is 90.6 Å². The van der Waals surface area contributed by atoms with Crippen molar-refractivity contribution in [3.8, 4) is 0 Å². The van der Waals surface area contributed by atoms with E-state index in [0.29, 0.717) is 156 Å². The minimum atomic E-state index is -0.509. The van der Waals surface area contributed by atoms with Crippen molar-refractivity contribution in [3.05, 3.63) is 122 Å². The van der Waals surface area contributed by atoms with Crippen LogP contribution in [0.3, 0.4) is 0 Å². The minimum absolute atomic E-state index is 0.00792. The Labute approximate surface area is 893 Å². The lowest BCUT2D eigenvalue weighted by atomic mass is 9.95. The predicted octanol–water partition coefficient (Wildman–Crippen LogP) is 25.4. The zero-order valence-electron chi connectivity index (χ0n) is 93.6. The lowest BCUT2D eigenvalue weighted by molar-refractivity contribution is -0.148. The summed E-state index contributed by atoms with van der Waals surface area (Å²) in [4.78, 5) is 132. The molecule has 0 unspecified atom stereocenters. The first-order valence-corrected chi connectivity index (χ1v) is 58.3. The quantitative estimate of drug-likeness (QED) is 0.0163. The summed E-state index contributed by atoms with van der Waals surface area (Å²) in [5, 5.41) is 15.6. The molecule has 0 fully saturated rings. The van der Waals surface area contributed by atoms with E-state index in [1.165, 1.54) is 95.8 Å². The number of ketones is 1. The molecule has 0 aromatic rings. The molecule has 26 nitrogen and oxygen atoms in total. The first-order valence-electron chi connectivity index (χ1n) is 58.3. The number of rotatable bonds is 111. The smallest absolute Gasteiger partial charge is 0.305 e. The van der Waals surface area contributed by atoms with Gasteiger partial charge in [0.15, 0.2) is 0 Å². The second-order valence-electron chi connectivity index (χ2n) is 38.8. The lowest BCUT2D eigenvalue weighted by Crippen LogP contribution is -2.39. The summed E-state index contributed by atoms with van der Waals surface area (Å²) in [6, 6.07) is -0.260. The van der Waals surface area contributed by atoms with Crippen LogP contribution >= 0.6 is 0 Å². The van der Waals surface area contributed by atoms with Gasteiger partial charge < -0.3 is 83.8 Å². The monoisotopic (exact) mass is 2070 g/mol. The van der Waals surface area contributed by atoms with E-state index < -0.39 is 5.92 Å². The van der Waals surface area contributed by atoms with Gasteiger partial charge in [-0.25, -0.2) is 0 Å². The van der Waals surface area contributed by atoms with Crippen molar-refractivity contribution in [3.63, 3.8) is 0 Å². The number of carbonyl (C=O) groups is 10. The van der Waals surface area contributed by atoms with Crippen LogP contribution in [0, 0.1) is 5.92 Å². The largest absolute Gasteiger partial charge is 0.464 e. The van der Waals surface area contributed by atoms with Crippen molar-refractivity contribution in [1.82, 2.24) is 36.4 Å². The fourth-order valence-corrected chi connectivity index (χ4v) is 16.2. The van der Waals surface area contributed by atoms with Gasteiger partial charge in [0.2, 0.25) is 29.5 Å². The molecule has 2 atom stereocenters. The predicted molar refractivity (Wildman–Crippen MR) is 601 cm³/mol. The molecule has 147 heavy (non-hydrogen) atoms. The van der Waals surface area contributed by atoms with E-state index in [2.05, 4.69) is 165 Å². The fraction of sp³-hybridized carbons (Fsp3) is 0.752. The molecule has 5 N–H and O–H groups in total. The highest BCUT2D eigenvalue weighted by atomic mass is 16.6. The molecular weight excluding hydrogens is 1860 g/mol. The number of hydrogen-bond acceptors (Lipinski definition) is 21. The molecule has 0 aliphatic heterocycles. The van der Waals surface area contributed by atoms with Crippen LogP contribution in [-0.4, -0.2) is 220 Å². The van der Waals surface area contributed by atoms with Crippen molar-refractivity contribution >= 4 is 59.2 Å². The third-order valence-corrected chi connectivity index (χ3v) is 25.1. The Morgan fingerprint density at radius 2 is 0.558 bits per heavy atom. The average molecular weight is 2070 g/mol. The molecule has 26 heteroatoms. The van der Waals surface area contributed by atoms with Gasteiger partial charge in [0, 0.05) is 115 Å². The zero-order valence-corrected chi connectivity index (χ0v) is 93.6. The van der Waals surface area contributed by atoms with Gasteiger partial charge in [-0.1, -0.05) is 273 Å². The normalized spacial score (nSPS) is 12.1. The molecule has 0 aromatic heterocycles. The van der Waals surface area contributed by atoms with Gasteiger partial charge in [0.25, 0.3) is 0 Å². The number of ether oxygens (including phenoxy) is 9. The maximum atomic E-state index is 13.7. The number of hydrogen-bond donors (Lipinski definition) is 5. The summed E-state index contributed by atoms with van der Waals surface area (Å²) < 4.78 is 50.8. The number of nitrogens with one attached hydrogen (secondary N) is 5. The van der Waals surface area contributed by atoms with Gasteiger partial charge >= 0.3 is 23.9 Å². The van der Waals surface area contributed by atoms with Crippen LogP contribution in [0.2, 0.25) is 0 Å². The van der Waals surface area contributed by atoms with Gasteiger partial charge in [0.05, 0.1) is 85.1 Å². The van der Waals surface area contributed by atoms with E-state index in [4.69, 9.17) is 42.6 Å². The minimum Gasteiger partial charge on any atom is -0.464 e. The molecule has 844 valence electrons. The highest BCUT2D eigenvalue weighted by Crippen LogP contribution is 2.19. The Morgan fingerprint density at radius 3 is 0.884 bits per heavy atom. The Morgan fingerprint density at radius 1 is 0.272 bits per heavy atom. The van der Waals surface area contributed by atoms with Crippen LogP contribution in [0.4, 0.5) is 0 Å². The molecule has 5 amide bonds. The Bertz CT molecular complexity index is 3140. The molecule has 0 bridgehead atoms. The Balaban J connectivity index is 4.69. The lowest BCUT2D eigenvalue weighted by Gasteiger charge is -2.23. The first kappa shape index (κ1) is 139. The molecule has 0 aromatic carbocycles. The molecule has 0 heterocycles. The van der Waals surface area contributed by atoms with E-state index in [-0.39, 0.29) is 144 Å². The third-order valence-electron chi connectivity index (χ3n) is 25.1. The summed E-state index contributed by atoms with van der Waals surface area (Å²) in [5.41, 5.74) is 1.45. The summed E-state index contributed by atoms with van der Waals surface area (Å²) >= 11 is 0. The summed E-state index contributed by atoms with van der Waals surface area (Å²) in [5.74, 6) is -2.88.